The lowest BCUT2D eigenvalue weighted by molar-refractivity contribution is -0.116. The Labute approximate surface area is 167 Å². The topological polar surface area (TPSA) is 86.8 Å². The number of para-hydroxylation sites is 2. The summed E-state index contributed by atoms with van der Waals surface area (Å²) in [5, 5.41) is 2.69. The molecule has 1 N–H and O–H groups in total. The Morgan fingerprint density at radius 3 is 2.71 bits per heavy atom. The molecule has 2 amide bonds. The minimum Gasteiger partial charge on any atom is -0.323 e. The predicted octanol–water partition coefficient (Wildman–Crippen LogP) is 2.68. The number of carbonyl (C=O) groups is 2. The highest BCUT2D eigenvalue weighted by molar-refractivity contribution is 7.99. The average Bonchev–Trinajstić information content (AvgIpc) is 2.89. The van der Waals surface area contributed by atoms with Gasteiger partial charge in [-0.05, 0) is 42.5 Å². The summed E-state index contributed by atoms with van der Waals surface area (Å²) in [5.74, 6) is 0.349. The molecule has 2 aromatic rings. The number of hydrogen-bond acceptors (Lipinski definition) is 5. The monoisotopic (exact) mass is 417 g/mol. The zero-order chi connectivity index (χ0) is 19.9. The normalized spacial score (nSPS) is 16.7. The SMILES string of the molecule is CC(=O)N1CCCSc2ccc(S(=O)(=O)N3CC(=O)Nc4ccccc43)cc21. The van der Waals surface area contributed by atoms with Crippen molar-refractivity contribution in [2.45, 2.75) is 23.1 Å². The molecule has 0 saturated heterocycles. The fraction of sp³-hybridized carbons (Fsp3) is 0.263. The van der Waals surface area contributed by atoms with Crippen LogP contribution in [-0.4, -0.2) is 39.1 Å². The van der Waals surface area contributed by atoms with Crippen LogP contribution in [0.1, 0.15) is 13.3 Å². The first-order valence-electron chi connectivity index (χ1n) is 8.84. The molecule has 2 aliphatic heterocycles. The third-order valence-electron chi connectivity index (χ3n) is 4.71. The van der Waals surface area contributed by atoms with Crippen LogP contribution < -0.4 is 14.5 Å². The van der Waals surface area contributed by atoms with Crippen molar-refractivity contribution in [3.63, 3.8) is 0 Å². The van der Waals surface area contributed by atoms with E-state index in [-0.39, 0.29) is 17.3 Å². The van der Waals surface area contributed by atoms with Crippen molar-refractivity contribution in [2.24, 2.45) is 0 Å². The van der Waals surface area contributed by atoms with Crippen molar-refractivity contribution < 1.29 is 18.0 Å². The van der Waals surface area contributed by atoms with Gasteiger partial charge in [0.1, 0.15) is 6.54 Å². The molecule has 0 radical (unpaired) electrons. The van der Waals surface area contributed by atoms with Gasteiger partial charge in [-0.1, -0.05) is 12.1 Å². The highest BCUT2D eigenvalue weighted by atomic mass is 32.2. The molecule has 0 aromatic heterocycles. The molecule has 2 aliphatic rings. The number of hydrogen-bond donors (Lipinski definition) is 1. The van der Waals surface area contributed by atoms with Crippen LogP contribution in [0.15, 0.2) is 52.3 Å². The largest absolute Gasteiger partial charge is 0.323 e. The summed E-state index contributed by atoms with van der Waals surface area (Å²) in [4.78, 5) is 26.7. The quantitative estimate of drug-likeness (QED) is 0.812. The van der Waals surface area contributed by atoms with Gasteiger partial charge in [-0.15, -0.1) is 11.8 Å². The number of nitrogens with one attached hydrogen (secondary N) is 1. The maximum absolute atomic E-state index is 13.4. The van der Waals surface area contributed by atoms with Gasteiger partial charge < -0.3 is 10.2 Å². The van der Waals surface area contributed by atoms with E-state index in [0.717, 1.165) is 21.4 Å². The van der Waals surface area contributed by atoms with E-state index in [4.69, 9.17) is 0 Å². The van der Waals surface area contributed by atoms with Crippen LogP contribution in [-0.2, 0) is 19.6 Å². The van der Waals surface area contributed by atoms with Crippen LogP contribution in [0.25, 0.3) is 0 Å². The van der Waals surface area contributed by atoms with E-state index >= 15 is 0 Å². The second-order valence-electron chi connectivity index (χ2n) is 6.58. The summed E-state index contributed by atoms with van der Waals surface area (Å²) >= 11 is 1.61. The smallest absolute Gasteiger partial charge is 0.264 e. The molecule has 2 aromatic carbocycles. The van der Waals surface area contributed by atoms with Crippen molar-refractivity contribution >= 4 is 50.7 Å². The number of nitrogens with zero attached hydrogens (tertiary/aromatic N) is 2. The fourth-order valence-corrected chi connectivity index (χ4v) is 5.82. The lowest BCUT2D eigenvalue weighted by atomic mass is 10.2. The zero-order valence-electron chi connectivity index (χ0n) is 15.2. The molecular formula is C19H19N3O4S2. The average molecular weight is 418 g/mol. The van der Waals surface area contributed by atoms with Crippen molar-refractivity contribution in [3.05, 3.63) is 42.5 Å². The lowest BCUT2D eigenvalue weighted by Gasteiger charge is -2.30. The van der Waals surface area contributed by atoms with Gasteiger partial charge in [-0.3, -0.25) is 13.9 Å². The number of fused-ring (bicyclic) bond motifs is 2. The molecule has 0 spiro atoms. The maximum atomic E-state index is 13.4. The zero-order valence-corrected chi connectivity index (χ0v) is 16.8. The minimum absolute atomic E-state index is 0.0597. The van der Waals surface area contributed by atoms with Crippen LogP contribution >= 0.6 is 11.8 Å². The number of anilines is 3. The Hall–Kier alpha value is -2.52. The van der Waals surface area contributed by atoms with E-state index in [0.29, 0.717) is 23.6 Å². The van der Waals surface area contributed by atoms with Gasteiger partial charge in [0.05, 0.1) is 22.0 Å². The highest BCUT2D eigenvalue weighted by Gasteiger charge is 2.33. The number of rotatable bonds is 2. The maximum Gasteiger partial charge on any atom is 0.264 e. The number of carbonyl (C=O) groups excluding carboxylic acids is 2. The molecule has 0 aliphatic carbocycles. The molecular weight excluding hydrogens is 398 g/mol. The van der Waals surface area contributed by atoms with Crippen molar-refractivity contribution in [2.75, 3.05) is 33.4 Å². The number of thioether (sulfide) groups is 1. The Balaban J connectivity index is 1.81. The Bertz CT molecular complexity index is 1070. The molecule has 146 valence electrons. The molecule has 0 unspecified atom stereocenters. The van der Waals surface area contributed by atoms with Crippen LogP contribution in [0, 0.1) is 0 Å². The van der Waals surface area contributed by atoms with Gasteiger partial charge in [-0.25, -0.2) is 8.42 Å². The van der Waals surface area contributed by atoms with Gasteiger partial charge in [-0.2, -0.15) is 0 Å². The number of amides is 2. The van der Waals surface area contributed by atoms with Gasteiger partial charge >= 0.3 is 0 Å². The summed E-state index contributed by atoms with van der Waals surface area (Å²) in [5.41, 5.74) is 1.48. The predicted molar refractivity (Wildman–Crippen MR) is 109 cm³/mol. The van der Waals surface area contributed by atoms with Crippen LogP contribution in [0.4, 0.5) is 17.1 Å². The molecule has 0 atom stereocenters. The Morgan fingerprint density at radius 1 is 1.14 bits per heavy atom. The second kappa shape index (κ2) is 7.14. The molecule has 28 heavy (non-hydrogen) atoms. The van der Waals surface area contributed by atoms with Gasteiger partial charge in [0.15, 0.2) is 0 Å². The Morgan fingerprint density at radius 2 is 1.93 bits per heavy atom. The summed E-state index contributed by atoms with van der Waals surface area (Å²) in [6, 6.07) is 11.6. The molecule has 2 heterocycles. The van der Waals surface area contributed by atoms with E-state index < -0.39 is 15.9 Å². The van der Waals surface area contributed by atoms with E-state index in [1.54, 1.807) is 59.1 Å². The first kappa shape index (κ1) is 18.8. The van der Waals surface area contributed by atoms with Gasteiger partial charge in [0, 0.05) is 18.4 Å². The Kier molecular flexibility index (Phi) is 4.80. The number of sulfonamides is 1. The van der Waals surface area contributed by atoms with E-state index in [1.807, 2.05) is 0 Å². The third kappa shape index (κ3) is 3.24. The van der Waals surface area contributed by atoms with Crippen LogP contribution in [0.3, 0.4) is 0 Å². The molecule has 0 fully saturated rings. The van der Waals surface area contributed by atoms with Crippen molar-refractivity contribution in [1.82, 2.24) is 0 Å². The fourth-order valence-electron chi connectivity index (χ4n) is 3.39. The molecule has 0 saturated carbocycles. The molecule has 9 heteroatoms. The molecule has 0 bridgehead atoms. The molecule has 7 nitrogen and oxygen atoms in total. The molecule has 4 rings (SSSR count). The van der Waals surface area contributed by atoms with Crippen LogP contribution in [0.2, 0.25) is 0 Å². The van der Waals surface area contributed by atoms with E-state index in [1.165, 1.54) is 6.92 Å². The minimum atomic E-state index is -3.98. The van der Waals surface area contributed by atoms with Crippen molar-refractivity contribution in [1.29, 1.82) is 0 Å². The summed E-state index contributed by atoms with van der Waals surface area (Å²) in [6.07, 6.45) is 0.834. The third-order valence-corrected chi connectivity index (χ3v) is 7.61. The van der Waals surface area contributed by atoms with Crippen molar-refractivity contribution in [3.8, 4) is 0 Å². The number of benzene rings is 2. The first-order valence-corrected chi connectivity index (χ1v) is 11.3. The van der Waals surface area contributed by atoms with E-state index in [9.17, 15) is 18.0 Å². The van der Waals surface area contributed by atoms with Gasteiger partial charge in [0.25, 0.3) is 10.0 Å². The van der Waals surface area contributed by atoms with E-state index in [2.05, 4.69) is 5.32 Å². The highest BCUT2D eigenvalue weighted by Crippen LogP contribution is 2.38. The van der Waals surface area contributed by atoms with Gasteiger partial charge in [0.2, 0.25) is 11.8 Å². The standard InChI is InChI=1S/C19H19N3O4S2/c1-13(23)21-9-4-10-27-18-8-7-14(11-17(18)21)28(25,26)22-12-19(24)20-15-5-2-3-6-16(15)22/h2-3,5-8,11H,4,9-10,12H2,1H3,(H,20,24). The second-order valence-corrected chi connectivity index (χ2v) is 9.58. The lowest BCUT2D eigenvalue weighted by Crippen LogP contribution is -2.42. The summed E-state index contributed by atoms with van der Waals surface area (Å²) in [6.45, 7) is 1.74. The first-order chi connectivity index (χ1) is 13.4. The summed E-state index contributed by atoms with van der Waals surface area (Å²) < 4.78 is 27.9. The van der Waals surface area contributed by atoms with Crippen LogP contribution in [0.5, 0.6) is 0 Å². The summed E-state index contributed by atoms with van der Waals surface area (Å²) in [7, 11) is -3.98.